The van der Waals surface area contributed by atoms with Gasteiger partial charge >= 0.3 is 12.3 Å². The summed E-state index contributed by atoms with van der Waals surface area (Å²) in [4.78, 5) is 35.9. The van der Waals surface area contributed by atoms with Crippen LogP contribution in [0.15, 0.2) is 42.6 Å². The molecule has 2 aliphatic rings. The zero-order valence-electron chi connectivity index (χ0n) is 22.1. The molecular weight excluding hydrogens is 547 g/mol. The average Bonchev–Trinajstić information content (AvgIpc) is 3.40. The highest BCUT2D eigenvalue weighted by Gasteiger charge is 2.42. The minimum Gasteiger partial charge on any atom is -0.449 e. The van der Waals surface area contributed by atoms with E-state index in [1.54, 1.807) is 36.2 Å². The van der Waals surface area contributed by atoms with Crippen LogP contribution in [0.25, 0.3) is 0 Å². The Hall–Kier alpha value is -3.52. The van der Waals surface area contributed by atoms with E-state index in [2.05, 4.69) is 16.0 Å². The van der Waals surface area contributed by atoms with E-state index in [1.165, 1.54) is 11.1 Å². The molecule has 40 heavy (non-hydrogen) atoms. The molecule has 1 aromatic carbocycles. The molecule has 1 aromatic heterocycles. The van der Waals surface area contributed by atoms with Gasteiger partial charge in [0.15, 0.2) is 0 Å². The number of benzene rings is 1. The van der Waals surface area contributed by atoms with Crippen LogP contribution in [0.4, 0.5) is 23.8 Å². The van der Waals surface area contributed by atoms with E-state index in [9.17, 15) is 22.8 Å². The van der Waals surface area contributed by atoms with Crippen molar-refractivity contribution >= 4 is 29.4 Å². The number of pyridine rings is 1. The van der Waals surface area contributed by atoms with Crippen LogP contribution in [0, 0.1) is 17.2 Å². The number of nitrogens with zero attached hydrogens (tertiary/aromatic N) is 5. The Labute approximate surface area is 236 Å². The van der Waals surface area contributed by atoms with Crippen molar-refractivity contribution in [3.05, 3.63) is 58.7 Å². The van der Waals surface area contributed by atoms with E-state index in [4.69, 9.17) is 21.6 Å². The second-order valence-electron chi connectivity index (χ2n) is 10.2. The van der Waals surface area contributed by atoms with Crippen LogP contribution in [0.5, 0.6) is 0 Å². The Balaban J connectivity index is 1.40. The highest BCUT2D eigenvalue weighted by molar-refractivity contribution is 6.30. The van der Waals surface area contributed by atoms with Gasteiger partial charge in [-0.1, -0.05) is 23.7 Å². The number of aromatic nitrogens is 1. The number of amides is 2. The van der Waals surface area contributed by atoms with Crippen molar-refractivity contribution in [2.75, 3.05) is 44.7 Å². The third-order valence-corrected chi connectivity index (χ3v) is 7.81. The number of likely N-dealkylation sites (tertiary alicyclic amines) is 1. The molecule has 2 aliphatic heterocycles. The normalized spacial score (nSPS) is 19.8. The standard InChI is InChI=1S/C28H31ClF3N5O3/c1-35(27(39)40-14-2-11-28(30,31)32)24-18-37(17-23(24)20-4-6-22(29)7-5-20)26(38)21-9-12-36(13-10-21)25-8-3-19(15-33)16-34-25/h3-8,16,21,23-24H,2,9-14,17-18H2,1H3/t23-,24+/m0/s1. The van der Waals surface area contributed by atoms with Gasteiger partial charge < -0.3 is 19.4 Å². The van der Waals surface area contributed by atoms with E-state index >= 15 is 0 Å². The Bertz CT molecular complexity index is 1210. The largest absolute Gasteiger partial charge is 0.449 e. The lowest BCUT2D eigenvalue weighted by Gasteiger charge is -2.34. The minimum absolute atomic E-state index is 0.0147. The molecule has 2 fully saturated rings. The fraction of sp³-hybridized carbons (Fsp3) is 0.500. The first-order valence-electron chi connectivity index (χ1n) is 13.2. The Kier molecular flexibility index (Phi) is 9.40. The lowest BCUT2D eigenvalue weighted by atomic mass is 9.93. The van der Waals surface area contributed by atoms with Crippen molar-refractivity contribution in [2.45, 2.75) is 43.8 Å². The zero-order chi connectivity index (χ0) is 28.9. The lowest BCUT2D eigenvalue weighted by molar-refractivity contribution is -0.137. The van der Waals surface area contributed by atoms with Gasteiger partial charge in [0, 0.05) is 62.7 Å². The zero-order valence-corrected chi connectivity index (χ0v) is 22.9. The molecule has 214 valence electrons. The summed E-state index contributed by atoms with van der Waals surface area (Å²) in [7, 11) is 1.55. The summed E-state index contributed by atoms with van der Waals surface area (Å²) in [5.74, 6) is 0.390. The molecule has 12 heteroatoms. The summed E-state index contributed by atoms with van der Waals surface area (Å²) in [6, 6.07) is 12.4. The van der Waals surface area contributed by atoms with Gasteiger partial charge in [-0.05, 0) is 49.1 Å². The summed E-state index contributed by atoms with van der Waals surface area (Å²) < 4.78 is 42.5. The van der Waals surface area contributed by atoms with E-state index in [-0.39, 0.29) is 37.3 Å². The molecule has 2 amide bonds. The number of hydrogen-bond acceptors (Lipinski definition) is 6. The number of carbonyl (C=O) groups is 2. The molecule has 0 unspecified atom stereocenters. The SMILES string of the molecule is CN(C(=O)OCCCC(F)(F)F)[C@@H]1CN(C(=O)C2CCN(c3ccc(C#N)cn3)CC2)C[C@H]1c1ccc(Cl)cc1. The van der Waals surface area contributed by atoms with Gasteiger partial charge in [-0.25, -0.2) is 9.78 Å². The number of ether oxygens (including phenoxy) is 1. The highest BCUT2D eigenvalue weighted by atomic mass is 35.5. The van der Waals surface area contributed by atoms with Crippen molar-refractivity contribution in [3.8, 4) is 6.07 Å². The first-order chi connectivity index (χ1) is 19.1. The molecule has 0 aliphatic carbocycles. The van der Waals surface area contributed by atoms with Crippen LogP contribution in [-0.2, 0) is 9.53 Å². The maximum Gasteiger partial charge on any atom is 0.409 e. The summed E-state index contributed by atoms with van der Waals surface area (Å²) in [5, 5.41) is 9.54. The van der Waals surface area contributed by atoms with Crippen LogP contribution in [0.1, 0.15) is 42.7 Å². The number of nitriles is 1. The maximum absolute atomic E-state index is 13.6. The quantitative estimate of drug-likeness (QED) is 0.419. The van der Waals surface area contributed by atoms with Gasteiger partial charge in [-0.2, -0.15) is 18.4 Å². The molecule has 2 saturated heterocycles. The number of carbonyl (C=O) groups excluding carboxylic acids is 2. The Morgan fingerprint density at radius 3 is 2.45 bits per heavy atom. The van der Waals surface area contributed by atoms with E-state index in [0.29, 0.717) is 43.1 Å². The smallest absolute Gasteiger partial charge is 0.409 e. The van der Waals surface area contributed by atoms with Crippen LogP contribution >= 0.6 is 11.6 Å². The summed E-state index contributed by atoms with van der Waals surface area (Å²) in [5.41, 5.74) is 1.39. The minimum atomic E-state index is -4.31. The van der Waals surface area contributed by atoms with Crippen molar-refractivity contribution in [3.63, 3.8) is 0 Å². The van der Waals surface area contributed by atoms with Crippen LogP contribution in [0.2, 0.25) is 5.02 Å². The van der Waals surface area contributed by atoms with Crippen LogP contribution in [-0.4, -0.2) is 78.8 Å². The fourth-order valence-corrected chi connectivity index (χ4v) is 5.44. The molecular formula is C28H31ClF3N5O3. The van der Waals surface area contributed by atoms with E-state index in [0.717, 1.165) is 11.4 Å². The molecule has 0 spiro atoms. The molecule has 0 bridgehead atoms. The third-order valence-electron chi connectivity index (χ3n) is 7.56. The molecule has 3 heterocycles. The Morgan fingerprint density at radius 1 is 1.15 bits per heavy atom. The van der Waals surface area contributed by atoms with Crippen molar-refractivity contribution in [2.24, 2.45) is 5.92 Å². The number of rotatable bonds is 7. The molecule has 2 atom stereocenters. The van der Waals surface area contributed by atoms with Gasteiger partial charge in [-0.15, -0.1) is 0 Å². The monoisotopic (exact) mass is 577 g/mol. The maximum atomic E-state index is 13.6. The fourth-order valence-electron chi connectivity index (χ4n) is 5.32. The third kappa shape index (κ3) is 7.36. The molecule has 8 nitrogen and oxygen atoms in total. The number of hydrogen-bond donors (Lipinski definition) is 0. The van der Waals surface area contributed by atoms with E-state index in [1.807, 2.05) is 12.1 Å². The Morgan fingerprint density at radius 2 is 1.85 bits per heavy atom. The van der Waals surface area contributed by atoms with Crippen molar-refractivity contribution < 1.29 is 27.5 Å². The highest BCUT2D eigenvalue weighted by Crippen LogP contribution is 2.34. The van der Waals surface area contributed by atoms with Gasteiger partial charge in [0.1, 0.15) is 11.9 Å². The number of halogens is 4. The summed E-state index contributed by atoms with van der Waals surface area (Å²) in [6.07, 6.45) is -3.54. The molecule has 0 N–H and O–H groups in total. The summed E-state index contributed by atoms with van der Waals surface area (Å²) >= 11 is 6.07. The van der Waals surface area contributed by atoms with Crippen LogP contribution in [0.3, 0.4) is 0 Å². The predicted octanol–water partition coefficient (Wildman–Crippen LogP) is 5.23. The molecule has 4 rings (SSSR count). The second-order valence-corrected chi connectivity index (χ2v) is 10.6. The number of alkyl halides is 3. The van der Waals surface area contributed by atoms with Crippen molar-refractivity contribution in [1.29, 1.82) is 5.26 Å². The number of anilines is 1. The predicted molar refractivity (Wildman–Crippen MR) is 143 cm³/mol. The molecule has 0 radical (unpaired) electrons. The second kappa shape index (κ2) is 12.8. The number of piperidine rings is 1. The molecule has 2 aromatic rings. The lowest BCUT2D eigenvalue weighted by Crippen LogP contribution is -2.44. The summed E-state index contributed by atoms with van der Waals surface area (Å²) in [6.45, 7) is 1.65. The number of likely N-dealkylation sites (N-methyl/N-ethyl adjacent to an activating group) is 1. The molecule has 0 saturated carbocycles. The van der Waals surface area contributed by atoms with Gasteiger partial charge in [0.2, 0.25) is 5.91 Å². The van der Waals surface area contributed by atoms with Crippen molar-refractivity contribution in [1.82, 2.24) is 14.8 Å². The van der Waals surface area contributed by atoms with Gasteiger partial charge in [0.25, 0.3) is 0 Å². The van der Waals surface area contributed by atoms with Crippen LogP contribution < -0.4 is 4.90 Å². The topological polar surface area (TPSA) is 89.8 Å². The first kappa shape index (κ1) is 29.5. The van der Waals surface area contributed by atoms with E-state index < -0.39 is 24.7 Å². The van der Waals surface area contributed by atoms with Gasteiger partial charge in [0.05, 0.1) is 18.2 Å². The first-order valence-corrected chi connectivity index (χ1v) is 13.5. The van der Waals surface area contributed by atoms with Gasteiger partial charge in [-0.3, -0.25) is 4.79 Å². The average molecular weight is 578 g/mol.